The number of aliphatic hydroxyl groups is 6. The van der Waals surface area contributed by atoms with Crippen molar-refractivity contribution in [3.05, 3.63) is 59.7 Å². The van der Waals surface area contributed by atoms with Crippen molar-refractivity contribution < 1.29 is 73.9 Å². The number of methoxy groups -OCH3 is 1. The molecule has 0 aromatic rings. The maximum absolute atomic E-state index is 12.9. The van der Waals surface area contributed by atoms with Crippen LogP contribution in [0.25, 0.3) is 0 Å². The first-order valence-corrected chi connectivity index (χ1v) is 15.8. The number of carbonyl (C=O) groups is 2. The van der Waals surface area contributed by atoms with Gasteiger partial charge >= 0.3 is 11.9 Å². The highest BCUT2D eigenvalue weighted by molar-refractivity contribution is 5.92. The zero-order chi connectivity index (χ0) is 37.0. The van der Waals surface area contributed by atoms with Crippen molar-refractivity contribution >= 4 is 17.9 Å². The van der Waals surface area contributed by atoms with Crippen LogP contribution in [0.1, 0.15) is 6.42 Å². The Morgan fingerprint density at radius 1 is 1.24 bits per heavy atom. The molecule has 0 aromatic heterocycles. The van der Waals surface area contributed by atoms with E-state index in [1.54, 1.807) is 12.3 Å². The number of aliphatic hydroxyl groups excluding tert-OH is 4. The summed E-state index contributed by atoms with van der Waals surface area (Å²) in [4.78, 5) is 30.0. The lowest BCUT2D eigenvalue weighted by molar-refractivity contribution is -0.843. The van der Waals surface area contributed by atoms with E-state index in [0.29, 0.717) is 16.9 Å². The summed E-state index contributed by atoms with van der Waals surface area (Å²) >= 11 is 0. The average Bonchev–Trinajstić information content (AvgIpc) is 3.09. The van der Waals surface area contributed by atoms with Gasteiger partial charge in [0.15, 0.2) is 18.4 Å². The minimum atomic E-state index is -2.94. The van der Waals surface area contributed by atoms with Crippen molar-refractivity contribution in [1.82, 2.24) is 10.6 Å². The predicted molar refractivity (Wildman–Crippen MR) is 172 cm³/mol. The maximum Gasteiger partial charge on any atom is 0.339 e. The third-order valence-electron chi connectivity index (χ3n) is 8.11. The number of hydrogen-bond donors (Lipinski definition) is 11. The summed E-state index contributed by atoms with van der Waals surface area (Å²) < 4.78 is 27.9. The van der Waals surface area contributed by atoms with Gasteiger partial charge in [-0.3, -0.25) is 10.3 Å². The molecule has 8 atom stereocenters. The Morgan fingerprint density at radius 3 is 2.58 bits per heavy atom. The molecule has 0 spiro atoms. The molecule has 0 aliphatic carbocycles. The molecule has 50 heavy (non-hydrogen) atoms. The van der Waals surface area contributed by atoms with Gasteiger partial charge in [0.25, 0.3) is 0 Å². The van der Waals surface area contributed by atoms with Gasteiger partial charge in [0.05, 0.1) is 56.1 Å². The summed E-state index contributed by atoms with van der Waals surface area (Å²) in [5.74, 6) is -6.89. The Labute approximate surface area is 288 Å². The second-order valence-electron chi connectivity index (χ2n) is 11.5. The number of nitrogens with one attached hydrogen (secondary N) is 3. The van der Waals surface area contributed by atoms with Gasteiger partial charge in [-0.25, -0.2) is 9.59 Å². The number of carbonyl (C=O) groups excluding carboxylic acids is 1. The van der Waals surface area contributed by atoms with Crippen LogP contribution in [0.2, 0.25) is 0 Å². The number of guanidine groups is 1. The molecule has 12 N–H and O–H groups in total. The summed E-state index contributed by atoms with van der Waals surface area (Å²) in [6.45, 7) is 2.83. The Balaban J connectivity index is 2.05. The van der Waals surface area contributed by atoms with E-state index in [4.69, 9.17) is 34.5 Å². The molecule has 3 aliphatic heterocycles. The van der Waals surface area contributed by atoms with Crippen molar-refractivity contribution in [1.29, 1.82) is 0 Å². The molecule has 280 valence electrons. The first-order chi connectivity index (χ1) is 23.9. The summed E-state index contributed by atoms with van der Waals surface area (Å²) in [5, 5.41) is 76.0. The molecule has 0 saturated carbocycles. The lowest BCUT2D eigenvalue weighted by Crippen LogP contribution is -3.09. The topological polar surface area (TPSA) is 289 Å². The number of aliphatic imine (C=N–C) groups is 1. The summed E-state index contributed by atoms with van der Waals surface area (Å²) in [6, 6.07) is 0. The number of rotatable bonds is 17. The normalized spacial score (nSPS) is 30.0. The lowest BCUT2D eigenvalue weighted by Gasteiger charge is -2.47. The second-order valence-corrected chi connectivity index (χ2v) is 11.5. The highest BCUT2D eigenvalue weighted by atomic mass is 16.8. The minimum Gasteiger partial charge on any atom is -0.478 e. The van der Waals surface area contributed by atoms with Gasteiger partial charge in [-0.05, 0) is 13.5 Å². The van der Waals surface area contributed by atoms with Crippen molar-refractivity contribution in [2.45, 2.75) is 43.1 Å². The van der Waals surface area contributed by atoms with Crippen LogP contribution in [-0.4, -0.2) is 151 Å². The average molecular weight is 715 g/mol. The number of nitrogens with zero attached hydrogens (tertiary/aromatic N) is 1. The first-order valence-electron chi connectivity index (χ1n) is 15.8. The molecule has 19 nitrogen and oxygen atoms in total. The van der Waals surface area contributed by atoms with Crippen LogP contribution in [-0.2, 0) is 33.3 Å². The third kappa shape index (κ3) is 9.74. The molecular formula is C31H48N5O14+. The van der Waals surface area contributed by atoms with E-state index in [2.05, 4.69) is 22.2 Å². The van der Waals surface area contributed by atoms with Crippen LogP contribution < -0.4 is 21.3 Å². The Morgan fingerprint density at radius 2 is 1.98 bits per heavy atom. The summed E-state index contributed by atoms with van der Waals surface area (Å²) in [7, 11) is 2.69. The highest BCUT2D eigenvalue weighted by Gasteiger charge is 2.57. The van der Waals surface area contributed by atoms with Crippen LogP contribution >= 0.6 is 0 Å². The van der Waals surface area contributed by atoms with E-state index in [1.807, 2.05) is 0 Å². The molecule has 0 aromatic carbocycles. The van der Waals surface area contributed by atoms with Gasteiger partial charge < -0.3 is 75.4 Å². The Hall–Kier alpha value is -3.73. The van der Waals surface area contributed by atoms with Gasteiger partial charge in [0, 0.05) is 19.1 Å². The van der Waals surface area contributed by atoms with Crippen molar-refractivity contribution in [2.75, 3.05) is 60.3 Å². The lowest BCUT2D eigenvalue weighted by atomic mass is 9.83. The predicted octanol–water partition coefficient (Wildman–Crippen LogP) is -4.89. The van der Waals surface area contributed by atoms with E-state index in [9.17, 15) is 40.2 Å². The zero-order valence-corrected chi connectivity index (χ0v) is 27.8. The number of nitrogens with two attached hydrogens (primary N) is 1. The molecule has 1 fully saturated rings. The fraction of sp³-hybridized carbons (Fsp3) is 0.581. The van der Waals surface area contributed by atoms with Gasteiger partial charge in [0.2, 0.25) is 12.1 Å². The first kappa shape index (κ1) is 40.7. The largest absolute Gasteiger partial charge is 0.478 e. The van der Waals surface area contributed by atoms with Crippen molar-refractivity contribution in [3.8, 4) is 0 Å². The monoisotopic (exact) mass is 714 g/mol. The summed E-state index contributed by atoms with van der Waals surface area (Å²) in [6.07, 6.45) is -0.566. The van der Waals surface area contributed by atoms with Crippen LogP contribution in [0.4, 0.5) is 0 Å². The number of allylic oxidation sites excluding steroid dienone is 2. The molecule has 19 heteroatoms. The minimum absolute atomic E-state index is 0.00577. The fourth-order valence-electron chi connectivity index (χ4n) is 5.56. The quantitative estimate of drug-likeness (QED) is 0.0168. The molecule has 0 amide bonds. The molecule has 1 unspecified atom stereocenters. The number of esters is 1. The third-order valence-corrected chi connectivity index (χ3v) is 8.11. The standard InChI is InChI=1S/C31H47N5O14/c1-4-18-19(7-6-17-12-36(9-11-38)13-20(26(41)42)23(17)35-30(32)34-8-5-10-37)21(27(43)46-3)15-47-28(18)50-29-25(48-16-33-2)31(44,45)24(40)22(14-39)49-29/h4,6-7,12,15,18-19,22,24-25,28-29,33,37-40,44-45H,1,5,8-11,13-14,16H2,2-3H3,(H,41,42)(H3,32,34,35)/p+1/b7-6+/t18-,19+,22-,24-,25+,28+,29+/m1/s1. The van der Waals surface area contributed by atoms with Crippen molar-refractivity contribution in [3.63, 3.8) is 0 Å². The highest BCUT2D eigenvalue weighted by Crippen LogP contribution is 2.38. The number of ether oxygens (including phenoxy) is 5. The SMILES string of the molecule is C=C[C@H]1[C@H](O[C@@H]2O[C@H](CO)[C@@H](O)C(O)(O)[C@H]2OCNC)OC=C(C(=O)OC)[C@H]1/C=C/C1=C[NH+](CCO)CC(C(=O)O)=C1NC(N)=NCCCO. The van der Waals surface area contributed by atoms with E-state index < -0.39 is 67.1 Å². The zero-order valence-electron chi connectivity index (χ0n) is 27.8. The van der Waals surface area contributed by atoms with Crippen LogP contribution in [0.15, 0.2) is 64.7 Å². The molecule has 1 saturated heterocycles. The second kappa shape index (κ2) is 19.0. The molecule has 3 heterocycles. The van der Waals surface area contributed by atoms with Crippen LogP contribution in [0.5, 0.6) is 0 Å². The number of carboxylic acid groups (broad SMARTS) is 1. The van der Waals surface area contributed by atoms with Crippen molar-refractivity contribution in [2.24, 2.45) is 22.6 Å². The van der Waals surface area contributed by atoms with Gasteiger partial charge in [-0.1, -0.05) is 18.2 Å². The smallest absolute Gasteiger partial charge is 0.339 e. The molecular weight excluding hydrogens is 666 g/mol. The van der Waals surface area contributed by atoms with E-state index in [0.717, 1.165) is 6.26 Å². The Kier molecular flexibility index (Phi) is 15.5. The number of quaternary nitrogens is 1. The van der Waals surface area contributed by atoms with E-state index in [-0.39, 0.29) is 62.4 Å². The molecule has 0 bridgehead atoms. The summed E-state index contributed by atoms with van der Waals surface area (Å²) in [5.41, 5.74) is 6.42. The van der Waals surface area contributed by atoms with Gasteiger partial charge in [0.1, 0.15) is 37.1 Å². The van der Waals surface area contributed by atoms with Gasteiger partial charge in [-0.2, -0.15) is 0 Å². The fourth-order valence-corrected chi connectivity index (χ4v) is 5.56. The number of carboxylic acids is 1. The number of aliphatic carboxylic acids is 1. The van der Waals surface area contributed by atoms with Crippen LogP contribution in [0.3, 0.4) is 0 Å². The van der Waals surface area contributed by atoms with Gasteiger partial charge in [-0.15, -0.1) is 6.58 Å². The number of hydrogen-bond acceptors (Lipinski definition) is 15. The molecule has 3 aliphatic rings. The van der Waals surface area contributed by atoms with E-state index >= 15 is 0 Å². The maximum atomic E-state index is 12.9. The van der Waals surface area contributed by atoms with E-state index in [1.165, 1.54) is 26.3 Å². The van der Waals surface area contributed by atoms with Crippen LogP contribution in [0, 0.1) is 11.8 Å². The molecule has 0 radical (unpaired) electrons. The molecule has 3 rings (SSSR count). The Bertz CT molecular complexity index is 1350.